The number of benzene rings is 1. The number of carbonyl (C=O) groups is 3. The first-order valence-corrected chi connectivity index (χ1v) is 7.78. The maximum Gasteiger partial charge on any atom is 0.305 e. The van der Waals surface area contributed by atoms with Crippen LogP contribution in [0, 0.1) is 0 Å². The van der Waals surface area contributed by atoms with Gasteiger partial charge in [0.2, 0.25) is 0 Å². The van der Waals surface area contributed by atoms with Crippen molar-refractivity contribution in [1.82, 2.24) is 5.32 Å². The van der Waals surface area contributed by atoms with E-state index in [1.165, 1.54) is 19.2 Å². The first kappa shape index (κ1) is 17.5. The number of aliphatic carboxylic acids is 1. The average molecular weight is 348 g/mol. The van der Waals surface area contributed by atoms with Crippen LogP contribution in [0.25, 0.3) is 0 Å². The van der Waals surface area contributed by atoms with Gasteiger partial charge in [0.25, 0.3) is 11.8 Å². The van der Waals surface area contributed by atoms with Gasteiger partial charge in [0.1, 0.15) is 5.75 Å². The van der Waals surface area contributed by atoms with Gasteiger partial charge in [-0.15, -0.1) is 11.3 Å². The van der Waals surface area contributed by atoms with Crippen molar-refractivity contribution < 1.29 is 24.2 Å². The quantitative estimate of drug-likeness (QED) is 0.705. The molecule has 0 bridgehead atoms. The van der Waals surface area contributed by atoms with Gasteiger partial charge in [0.05, 0.1) is 29.3 Å². The van der Waals surface area contributed by atoms with Crippen molar-refractivity contribution in [2.24, 2.45) is 5.73 Å². The summed E-state index contributed by atoms with van der Waals surface area (Å²) in [7, 11) is 1.53. The number of ether oxygens (including phenoxy) is 1. The number of methoxy groups -OCH3 is 1. The molecule has 0 aliphatic carbocycles. The molecule has 0 spiro atoms. The third-order valence-electron chi connectivity index (χ3n) is 3.27. The van der Waals surface area contributed by atoms with E-state index in [0.717, 1.165) is 11.3 Å². The van der Waals surface area contributed by atoms with Crippen LogP contribution in [0.1, 0.15) is 37.4 Å². The van der Waals surface area contributed by atoms with E-state index in [1.807, 2.05) is 0 Å². The number of nitrogens with two attached hydrogens (primary N) is 1. The summed E-state index contributed by atoms with van der Waals surface area (Å²) in [5, 5.41) is 11.7. The number of rotatable bonds is 7. The smallest absolute Gasteiger partial charge is 0.305 e. The summed E-state index contributed by atoms with van der Waals surface area (Å²) >= 11 is 0.957. The van der Waals surface area contributed by atoms with Crippen molar-refractivity contribution >= 4 is 29.1 Å². The number of carbonyl (C=O) groups excluding carboxylic acids is 2. The number of amides is 2. The Bertz CT molecular complexity index is 754. The normalized spacial score (nSPS) is 11.5. The molecular formula is C16H16N2O5S. The molecule has 2 amide bonds. The molecule has 1 aromatic carbocycles. The molecule has 0 aliphatic rings. The second kappa shape index (κ2) is 7.60. The van der Waals surface area contributed by atoms with Crippen molar-refractivity contribution in [1.29, 1.82) is 0 Å². The summed E-state index contributed by atoms with van der Waals surface area (Å²) < 4.78 is 5.06. The Hall–Kier alpha value is -2.87. The highest BCUT2D eigenvalue weighted by Gasteiger charge is 2.20. The molecule has 1 heterocycles. The molecule has 0 saturated carbocycles. The van der Waals surface area contributed by atoms with Gasteiger partial charge in [0.15, 0.2) is 0 Å². The number of hydrogen-bond donors (Lipinski definition) is 3. The molecular weight excluding hydrogens is 332 g/mol. The van der Waals surface area contributed by atoms with Crippen molar-refractivity contribution in [3.05, 3.63) is 51.7 Å². The van der Waals surface area contributed by atoms with Crippen LogP contribution < -0.4 is 15.8 Å². The Morgan fingerprint density at radius 3 is 2.29 bits per heavy atom. The van der Waals surface area contributed by atoms with Crippen LogP contribution >= 0.6 is 11.3 Å². The third kappa shape index (κ3) is 4.32. The van der Waals surface area contributed by atoms with E-state index in [2.05, 4.69) is 5.32 Å². The van der Waals surface area contributed by atoms with Gasteiger partial charge < -0.3 is 20.9 Å². The van der Waals surface area contributed by atoms with E-state index in [4.69, 9.17) is 15.6 Å². The summed E-state index contributed by atoms with van der Waals surface area (Å²) in [6, 6.07) is 8.98. The van der Waals surface area contributed by atoms with Gasteiger partial charge >= 0.3 is 5.97 Å². The van der Waals surface area contributed by atoms with Crippen LogP contribution in [-0.4, -0.2) is 30.0 Å². The lowest BCUT2D eigenvalue weighted by Crippen LogP contribution is -2.29. The highest BCUT2D eigenvalue weighted by Crippen LogP contribution is 2.22. The molecule has 1 atom stereocenters. The molecule has 1 aromatic heterocycles. The van der Waals surface area contributed by atoms with Crippen LogP contribution in [0.3, 0.4) is 0 Å². The lowest BCUT2D eigenvalue weighted by molar-refractivity contribution is -0.137. The first-order valence-electron chi connectivity index (χ1n) is 6.97. The van der Waals surface area contributed by atoms with E-state index in [1.54, 1.807) is 24.3 Å². The zero-order valence-electron chi connectivity index (χ0n) is 12.8. The number of primary amides is 1. The minimum Gasteiger partial charge on any atom is -0.497 e. The van der Waals surface area contributed by atoms with Gasteiger partial charge in [-0.25, -0.2) is 0 Å². The van der Waals surface area contributed by atoms with Crippen molar-refractivity contribution in [3.63, 3.8) is 0 Å². The molecule has 2 aromatic rings. The molecule has 8 heteroatoms. The van der Waals surface area contributed by atoms with Gasteiger partial charge in [-0.1, -0.05) is 12.1 Å². The highest BCUT2D eigenvalue weighted by molar-refractivity contribution is 7.15. The number of thiophene rings is 1. The van der Waals surface area contributed by atoms with E-state index < -0.39 is 23.8 Å². The summed E-state index contributed by atoms with van der Waals surface area (Å²) in [5.74, 6) is -1.49. The van der Waals surface area contributed by atoms with Crippen molar-refractivity contribution in [3.8, 4) is 5.75 Å². The minimum atomic E-state index is -1.04. The maximum atomic E-state index is 12.3. The van der Waals surface area contributed by atoms with Crippen LogP contribution in [-0.2, 0) is 4.79 Å². The molecule has 126 valence electrons. The van der Waals surface area contributed by atoms with E-state index >= 15 is 0 Å². The second-order valence-corrected chi connectivity index (χ2v) is 6.01. The van der Waals surface area contributed by atoms with Crippen molar-refractivity contribution in [2.75, 3.05) is 7.11 Å². The van der Waals surface area contributed by atoms with E-state index in [0.29, 0.717) is 11.3 Å². The standard InChI is InChI=1S/C16H16N2O5S/c1-23-10-4-2-9(3-5-10)11(8-14(19)20)18-16(22)13-7-6-12(24-13)15(17)21/h2-7,11H,8H2,1H3,(H2,17,21)(H,18,22)(H,19,20)/t11-/m0/s1. The fourth-order valence-corrected chi connectivity index (χ4v) is 2.85. The fraction of sp³-hybridized carbons (Fsp3) is 0.188. The van der Waals surface area contributed by atoms with Crippen molar-refractivity contribution in [2.45, 2.75) is 12.5 Å². The molecule has 0 unspecified atom stereocenters. The Balaban J connectivity index is 2.19. The topological polar surface area (TPSA) is 119 Å². The molecule has 0 saturated heterocycles. The van der Waals surface area contributed by atoms with E-state index in [9.17, 15) is 14.4 Å². The van der Waals surface area contributed by atoms with Crippen LogP contribution in [0.2, 0.25) is 0 Å². The molecule has 4 N–H and O–H groups in total. The Labute approximate surface area is 142 Å². The monoisotopic (exact) mass is 348 g/mol. The Morgan fingerprint density at radius 1 is 1.17 bits per heavy atom. The summed E-state index contributed by atoms with van der Waals surface area (Å²) in [4.78, 5) is 35.0. The molecule has 0 fully saturated rings. The van der Waals surface area contributed by atoms with Gasteiger partial charge in [-0.2, -0.15) is 0 Å². The molecule has 24 heavy (non-hydrogen) atoms. The predicted octanol–water partition coefficient (Wildman–Crippen LogP) is 1.80. The zero-order chi connectivity index (χ0) is 17.7. The Kier molecular flexibility index (Phi) is 5.54. The molecule has 7 nitrogen and oxygen atoms in total. The summed E-state index contributed by atoms with van der Waals surface area (Å²) in [6.45, 7) is 0. The second-order valence-electron chi connectivity index (χ2n) is 4.93. The number of nitrogens with one attached hydrogen (secondary N) is 1. The minimum absolute atomic E-state index is 0.263. The molecule has 0 aliphatic heterocycles. The first-order chi connectivity index (χ1) is 11.4. The highest BCUT2D eigenvalue weighted by atomic mass is 32.1. The number of carboxylic acids is 1. The van der Waals surface area contributed by atoms with Gasteiger partial charge in [0, 0.05) is 0 Å². The zero-order valence-corrected chi connectivity index (χ0v) is 13.6. The fourth-order valence-electron chi connectivity index (χ4n) is 2.08. The number of carboxylic acid groups (broad SMARTS) is 1. The summed E-state index contributed by atoms with van der Waals surface area (Å²) in [5.41, 5.74) is 5.80. The van der Waals surface area contributed by atoms with Crippen LogP contribution in [0.4, 0.5) is 0 Å². The lowest BCUT2D eigenvalue weighted by atomic mass is 10.0. The Morgan fingerprint density at radius 2 is 1.79 bits per heavy atom. The van der Waals surface area contributed by atoms with Gasteiger partial charge in [-0.05, 0) is 29.8 Å². The lowest BCUT2D eigenvalue weighted by Gasteiger charge is -2.17. The van der Waals surface area contributed by atoms with Crippen LogP contribution in [0.5, 0.6) is 5.75 Å². The summed E-state index contributed by atoms with van der Waals surface area (Å²) in [6.07, 6.45) is -0.272. The maximum absolute atomic E-state index is 12.3. The molecule has 0 radical (unpaired) electrons. The molecule has 2 rings (SSSR count). The van der Waals surface area contributed by atoms with Gasteiger partial charge in [-0.3, -0.25) is 14.4 Å². The van der Waals surface area contributed by atoms with E-state index in [-0.39, 0.29) is 16.2 Å². The number of hydrogen-bond acceptors (Lipinski definition) is 5. The third-order valence-corrected chi connectivity index (χ3v) is 4.37. The predicted molar refractivity (Wildman–Crippen MR) is 88.3 cm³/mol. The average Bonchev–Trinajstić information content (AvgIpc) is 3.04. The largest absolute Gasteiger partial charge is 0.497 e. The van der Waals surface area contributed by atoms with Crippen LogP contribution in [0.15, 0.2) is 36.4 Å². The SMILES string of the molecule is COc1ccc([C@H](CC(=O)O)NC(=O)c2ccc(C(N)=O)s2)cc1.